The second kappa shape index (κ2) is 3.32. The van der Waals surface area contributed by atoms with Crippen molar-refractivity contribution in [3.8, 4) is 0 Å². The molecule has 0 aliphatic rings. The predicted molar refractivity (Wildman–Crippen MR) is 63.7 cm³/mol. The number of H-pyrrole nitrogens is 1. The van der Waals surface area contributed by atoms with Crippen LogP contribution in [0.1, 0.15) is 0 Å². The number of aromatic amines is 1. The Morgan fingerprint density at radius 3 is 2.35 bits per heavy atom. The summed E-state index contributed by atoms with van der Waals surface area (Å²) in [5.74, 6) is 0. The van der Waals surface area contributed by atoms with E-state index in [-0.39, 0.29) is 4.90 Å². The first-order valence-electron chi connectivity index (χ1n) is 5.03. The van der Waals surface area contributed by atoms with Crippen molar-refractivity contribution >= 4 is 31.9 Å². The van der Waals surface area contributed by atoms with E-state index < -0.39 is 10.1 Å². The fraction of sp³-hybridized carbons (Fsp3) is 0. The molecule has 3 rings (SSSR count). The van der Waals surface area contributed by atoms with Gasteiger partial charge < -0.3 is 4.98 Å². The largest absolute Gasteiger partial charge is 0.353 e. The van der Waals surface area contributed by atoms with E-state index in [1.165, 1.54) is 6.07 Å². The summed E-state index contributed by atoms with van der Waals surface area (Å²) in [7, 11) is -4.46. The molecule has 0 aliphatic heterocycles. The molecule has 1 aromatic heterocycles. The topological polar surface area (TPSA) is 69.8 Å². The van der Waals surface area contributed by atoms with Crippen LogP contribution in [0.2, 0.25) is 0 Å². The Balaban J connectivity index is 2.57. The lowest BCUT2D eigenvalue weighted by Gasteiger charge is -1.96. The third-order valence-electron chi connectivity index (χ3n) is 2.77. The van der Waals surface area contributed by atoms with Crippen LogP contribution >= 0.6 is 0 Å². The standard InChI is InChI=1S/C12H8NO3S/c14-17(15,16)11-7-3-5-9-8-4-1-2-6-10(8)13-12(9)11/h1-7,13H. The monoisotopic (exact) mass is 246 g/mol. The molecule has 0 fully saturated rings. The van der Waals surface area contributed by atoms with Crippen molar-refractivity contribution in [3.63, 3.8) is 0 Å². The first-order valence-corrected chi connectivity index (χ1v) is 6.43. The van der Waals surface area contributed by atoms with E-state index in [1.807, 2.05) is 24.3 Å². The molecule has 1 heterocycles. The molecule has 1 radical (unpaired) electrons. The van der Waals surface area contributed by atoms with Gasteiger partial charge in [-0.3, -0.25) is 0 Å². The van der Waals surface area contributed by atoms with Crippen LogP contribution in [0.15, 0.2) is 47.4 Å². The van der Waals surface area contributed by atoms with Crippen molar-refractivity contribution in [2.75, 3.05) is 0 Å². The Kier molecular flexibility index (Phi) is 2.01. The highest BCUT2D eigenvalue weighted by Gasteiger charge is 2.17. The molecule has 0 atom stereocenters. The lowest BCUT2D eigenvalue weighted by Crippen LogP contribution is -1.96. The number of para-hydroxylation sites is 2. The minimum atomic E-state index is -4.46. The van der Waals surface area contributed by atoms with Crippen molar-refractivity contribution in [1.29, 1.82) is 0 Å². The van der Waals surface area contributed by atoms with Gasteiger partial charge in [0.25, 0.3) is 0 Å². The van der Waals surface area contributed by atoms with Crippen LogP contribution in [0.3, 0.4) is 0 Å². The third-order valence-corrected chi connectivity index (χ3v) is 3.65. The molecule has 1 N–H and O–H groups in total. The summed E-state index contributed by atoms with van der Waals surface area (Å²) >= 11 is 0. The third kappa shape index (κ3) is 1.51. The second-order valence-electron chi connectivity index (χ2n) is 3.80. The molecule has 0 saturated heterocycles. The van der Waals surface area contributed by atoms with Crippen LogP contribution in [0, 0.1) is 0 Å². The number of nitrogens with one attached hydrogen (secondary N) is 1. The zero-order chi connectivity index (χ0) is 12.0. The van der Waals surface area contributed by atoms with Gasteiger partial charge in [-0.15, -0.1) is 0 Å². The van der Waals surface area contributed by atoms with E-state index in [9.17, 15) is 13.0 Å². The molecule has 0 unspecified atom stereocenters. The molecular formula is C12H8NO3S. The Bertz CT molecular complexity index is 818. The number of hydrogen-bond donors (Lipinski definition) is 1. The Morgan fingerprint density at radius 2 is 1.59 bits per heavy atom. The second-order valence-corrected chi connectivity index (χ2v) is 5.15. The van der Waals surface area contributed by atoms with Gasteiger partial charge in [0.2, 0.25) is 0 Å². The van der Waals surface area contributed by atoms with Crippen molar-refractivity contribution < 1.29 is 13.0 Å². The molecule has 85 valence electrons. The van der Waals surface area contributed by atoms with E-state index in [0.717, 1.165) is 16.3 Å². The van der Waals surface area contributed by atoms with E-state index in [1.54, 1.807) is 12.1 Å². The molecule has 0 saturated carbocycles. The van der Waals surface area contributed by atoms with Crippen LogP contribution in [-0.2, 0) is 14.7 Å². The summed E-state index contributed by atoms with van der Waals surface area (Å²) < 4.78 is 33.4. The van der Waals surface area contributed by atoms with E-state index in [4.69, 9.17) is 0 Å². The summed E-state index contributed by atoms with van der Waals surface area (Å²) in [5.41, 5.74) is 1.20. The molecular weight excluding hydrogens is 238 g/mol. The van der Waals surface area contributed by atoms with Crippen LogP contribution in [0.4, 0.5) is 0 Å². The highest BCUT2D eigenvalue weighted by molar-refractivity contribution is 7.85. The summed E-state index contributed by atoms with van der Waals surface area (Å²) in [5, 5.41) is 1.66. The van der Waals surface area contributed by atoms with Gasteiger partial charge >= 0.3 is 10.1 Å². The zero-order valence-corrected chi connectivity index (χ0v) is 9.49. The van der Waals surface area contributed by atoms with E-state index >= 15 is 0 Å². The van der Waals surface area contributed by atoms with Gasteiger partial charge in [-0.2, -0.15) is 8.42 Å². The number of aromatic nitrogens is 1. The first kappa shape index (κ1) is 10.3. The van der Waals surface area contributed by atoms with E-state index in [2.05, 4.69) is 4.98 Å². The molecule has 0 bridgehead atoms. The van der Waals surface area contributed by atoms with Gasteiger partial charge in [0.15, 0.2) is 0 Å². The lowest BCUT2D eigenvalue weighted by atomic mass is 10.1. The number of fused-ring (bicyclic) bond motifs is 3. The summed E-state index contributed by atoms with van der Waals surface area (Å²) in [6.07, 6.45) is 0. The maximum atomic E-state index is 11.1. The van der Waals surface area contributed by atoms with Crippen LogP contribution in [0.5, 0.6) is 0 Å². The lowest BCUT2D eigenvalue weighted by molar-refractivity contribution is 0.415. The van der Waals surface area contributed by atoms with Crippen LogP contribution in [-0.4, -0.2) is 13.4 Å². The molecule has 17 heavy (non-hydrogen) atoms. The van der Waals surface area contributed by atoms with Gasteiger partial charge in [-0.1, -0.05) is 34.9 Å². The minimum absolute atomic E-state index is 0.203. The SMILES string of the molecule is [O]S(=O)(=O)c1cccc2c1[nH]c1ccccc12. The van der Waals surface area contributed by atoms with Crippen LogP contribution < -0.4 is 0 Å². The molecule has 4 nitrogen and oxygen atoms in total. The Morgan fingerprint density at radius 1 is 0.882 bits per heavy atom. The predicted octanol–water partition coefficient (Wildman–Crippen LogP) is 2.44. The average molecular weight is 246 g/mol. The van der Waals surface area contributed by atoms with Gasteiger partial charge in [0, 0.05) is 16.3 Å². The Labute approximate surface area is 97.6 Å². The molecule has 5 heteroatoms. The Hall–Kier alpha value is -1.85. The normalized spacial score (nSPS) is 12.3. The number of benzene rings is 2. The smallest absolute Gasteiger partial charge is 0.326 e. The van der Waals surface area contributed by atoms with Crippen molar-refractivity contribution in [3.05, 3.63) is 42.5 Å². The van der Waals surface area contributed by atoms with Crippen molar-refractivity contribution in [2.24, 2.45) is 0 Å². The number of hydrogen-bond acceptors (Lipinski definition) is 2. The molecule has 0 amide bonds. The maximum absolute atomic E-state index is 11.1. The zero-order valence-electron chi connectivity index (χ0n) is 8.67. The van der Waals surface area contributed by atoms with Gasteiger partial charge in [-0.25, -0.2) is 0 Å². The molecule has 0 spiro atoms. The highest BCUT2D eigenvalue weighted by atomic mass is 32.2. The molecule has 0 aliphatic carbocycles. The average Bonchev–Trinajstić information content (AvgIpc) is 2.65. The first-order chi connectivity index (χ1) is 8.07. The molecule has 2 aromatic carbocycles. The molecule has 3 aromatic rings. The fourth-order valence-electron chi connectivity index (χ4n) is 2.05. The maximum Gasteiger partial charge on any atom is 0.326 e. The quantitative estimate of drug-likeness (QED) is 0.716. The van der Waals surface area contributed by atoms with Gasteiger partial charge in [-0.05, 0) is 12.1 Å². The van der Waals surface area contributed by atoms with Gasteiger partial charge in [0.1, 0.15) is 4.90 Å². The van der Waals surface area contributed by atoms with Crippen molar-refractivity contribution in [1.82, 2.24) is 4.98 Å². The van der Waals surface area contributed by atoms with E-state index in [0.29, 0.717) is 5.52 Å². The van der Waals surface area contributed by atoms with Crippen molar-refractivity contribution in [2.45, 2.75) is 4.90 Å². The van der Waals surface area contributed by atoms with Gasteiger partial charge in [0.05, 0.1) is 5.52 Å². The summed E-state index contributed by atoms with van der Waals surface area (Å²) in [4.78, 5) is 2.77. The number of rotatable bonds is 1. The summed E-state index contributed by atoms with van der Waals surface area (Å²) in [6.45, 7) is 0. The highest BCUT2D eigenvalue weighted by Crippen LogP contribution is 2.29. The summed E-state index contributed by atoms with van der Waals surface area (Å²) in [6, 6.07) is 12.1. The van der Waals surface area contributed by atoms with Crippen LogP contribution in [0.25, 0.3) is 21.8 Å². The fourth-order valence-corrected chi connectivity index (χ4v) is 2.71. The minimum Gasteiger partial charge on any atom is -0.353 e.